The van der Waals surface area contributed by atoms with E-state index >= 15 is 0 Å². The third-order valence-electron chi connectivity index (χ3n) is 3.13. The van der Waals surface area contributed by atoms with Gasteiger partial charge in [-0.2, -0.15) is 0 Å². The van der Waals surface area contributed by atoms with E-state index in [4.69, 9.17) is 9.47 Å². The first-order valence-corrected chi connectivity index (χ1v) is 7.66. The summed E-state index contributed by atoms with van der Waals surface area (Å²) in [5.41, 5.74) is -1.41. The maximum Gasteiger partial charge on any atom is 0.330 e. The first kappa shape index (κ1) is 19.4. The summed E-state index contributed by atoms with van der Waals surface area (Å²) in [7, 11) is 0. The highest BCUT2D eigenvalue weighted by Gasteiger charge is 2.55. The zero-order chi connectivity index (χ0) is 18.2. The first-order chi connectivity index (χ1) is 10.2. The molecular weight excluding hydrogens is 302 g/mol. The van der Waals surface area contributed by atoms with E-state index in [0.29, 0.717) is 0 Å². The van der Waals surface area contributed by atoms with Crippen LogP contribution in [0.25, 0.3) is 0 Å². The summed E-state index contributed by atoms with van der Waals surface area (Å²) in [4.78, 5) is 37.4. The molecule has 0 aliphatic carbocycles. The average Bonchev–Trinajstić information content (AvgIpc) is 2.27. The average molecular weight is 329 g/mol. The fraction of sp³-hybridized carbons (Fsp3) is 0.812. The molecule has 1 fully saturated rings. The number of ether oxygens (including phenoxy) is 2. The topological polar surface area (TPSA) is 93.1 Å². The van der Waals surface area contributed by atoms with Gasteiger partial charge in [-0.25, -0.2) is 4.79 Å². The van der Waals surface area contributed by atoms with Crippen molar-refractivity contribution in [3.05, 3.63) is 0 Å². The molecule has 0 bridgehead atoms. The maximum atomic E-state index is 12.3. The minimum absolute atomic E-state index is 0.344. The lowest BCUT2D eigenvalue weighted by molar-refractivity contribution is -0.190. The van der Waals surface area contributed by atoms with Gasteiger partial charge in [0.05, 0.1) is 12.0 Å². The van der Waals surface area contributed by atoms with Gasteiger partial charge in [-0.05, 0) is 48.5 Å². The van der Waals surface area contributed by atoms with E-state index in [9.17, 15) is 19.5 Å². The number of likely N-dealkylation sites (tertiary alicyclic amines) is 1. The van der Waals surface area contributed by atoms with Crippen LogP contribution >= 0.6 is 0 Å². The van der Waals surface area contributed by atoms with Crippen LogP contribution in [-0.2, 0) is 23.9 Å². The highest BCUT2D eigenvalue weighted by molar-refractivity contribution is 5.99. The molecule has 0 aromatic rings. The van der Waals surface area contributed by atoms with Crippen molar-refractivity contribution < 1.29 is 29.0 Å². The van der Waals surface area contributed by atoms with Crippen LogP contribution in [0.15, 0.2) is 0 Å². The lowest BCUT2D eigenvalue weighted by Crippen LogP contribution is -2.69. The van der Waals surface area contributed by atoms with Crippen LogP contribution < -0.4 is 0 Å². The van der Waals surface area contributed by atoms with Gasteiger partial charge in [-0.15, -0.1) is 0 Å². The number of amides is 1. The van der Waals surface area contributed by atoms with Crippen molar-refractivity contribution in [2.75, 3.05) is 6.54 Å². The molecule has 0 spiro atoms. The Hall–Kier alpha value is -1.63. The van der Waals surface area contributed by atoms with Crippen LogP contribution in [0, 0.1) is 5.92 Å². The van der Waals surface area contributed by atoms with Crippen LogP contribution in [0.3, 0.4) is 0 Å². The summed E-state index contributed by atoms with van der Waals surface area (Å²) in [6, 6.07) is -0.978. The number of aliphatic hydroxyl groups excluding tert-OH is 1. The zero-order valence-electron chi connectivity index (χ0n) is 14.9. The van der Waals surface area contributed by atoms with Crippen molar-refractivity contribution in [3.8, 4) is 0 Å². The summed E-state index contributed by atoms with van der Waals surface area (Å²) in [5.74, 6) is -2.59. The van der Waals surface area contributed by atoms with Gasteiger partial charge in [0.25, 0.3) is 0 Å². The molecule has 132 valence electrons. The standard InChI is InChI=1S/C16H27NO6/c1-9(18)11-12(14(21)23-16(5,6)7)17(13(11)20)8-10(19)22-15(2,3)4/h9,11-12,18H,8H2,1-7H3/t9-,11-,12+/m1/s1. The summed E-state index contributed by atoms with van der Waals surface area (Å²) < 4.78 is 10.5. The number of hydrogen-bond donors (Lipinski definition) is 1. The molecular formula is C16H27NO6. The second-order valence-electron chi connectivity index (χ2n) is 7.80. The van der Waals surface area contributed by atoms with Gasteiger partial charge in [0.2, 0.25) is 5.91 Å². The second kappa shape index (κ2) is 6.47. The second-order valence-corrected chi connectivity index (χ2v) is 7.80. The van der Waals surface area contributed by atoms with Crippen molar-refractivity contribution in [1.82, 2.24) is 4.90 Å². The Morgan fingerprint density at radius 3 is 2.00 bits per heavy atom. The van der Waals surface area contributed by atoms with Crippen LogP contribution in [0.2, 0.25) is 0 Å². The van der Waals surface area contributed by atoms with Gasteiger partial charge in [0.15, 0.2) is 0 Å². The molecule has 3 atom stereocenters. The van der Waals surface area contributed by atoms with Crippen LogP contribution in [-0.4, -0.2) is 57.7 Å². The van der Waals surface area contributed by atoms with Crippen LogP contribution in [0.4, 0.5) is 0 Å². The van der Waals surface area contributed by atoms with Gasteiger partial charge in [0.1, 0.15) is 23.8 Å². The molecule has 1 aliphatic rings. The summed E-state index contributed by atoms with van der Waals surface area (Å²) >= 11 is 0. The molecule has 1 rings (SSSR count). The lowest BCUT2D eigenvalue weighted by atomic mass is 9.83. The molecule has 0 unspecified atom stereocenters. The van der Waals surface area contributed by atoms with Gasteiger partial charge >= 0.3 is 11.9 Å². The number of nitrogens with zero attached hydrogens (tertiary/aromatic N) is 1. The largest absolute Gasteiger partial charge is 0.459 e. The number of β-lactam (4-membered cyclic amide) rings is 1. The summed E-state index contributed by atoms with van der Waals surface area (Å²) in [5, 5.41) is 9.73. The number of aliphatic hydroxyl groups is 1. The maximum absolute atomic E-state index is 12.3. The van der Waals surface area contributed by atoms with Crippen molar-refractivity contribution >= 4 is 17.8 Å². The van der Waals surface area contributed by atoms with E-state index < -0.39 is 47.1 Å². The fourth-order valence-electron chi connectivity index (χ4n) is 2.37. The minimum Gasteiger partial charge on any atom is -0.459 e. The number of hydrogen-bond acceptors (Lipinski definition) is 6. The molecule has 7 nitrogen and oxygen atoms in total. The Bertz CT molecular complexity index is 486. The van der Waals surface area contributed by atoms with Crippen molar-refractivity contribution in [2.45, 2.75) is 71.8 Å². The zero-order valence-corrected chi connectivity index (χ0v) is 14.9. The Morgan fingerprint density at radius 2 is 1.61 bits per heavy atom. The highest BCUT2D eigenvalue weighted by Crippen LogP contribution is 2.31. The van der Waals surface area contributed by atoms with E-state index in [1.54, 1.807) is 41.5 Å². The number of carbonyl (C=O) groups is 3. The molecule has 1 heterocycles. The van der Waals surface area contributed by atoms with Gasteiger partial charge in [0, 0.05) is 0 Å². The third kappa shape index (κ3) is 5.20. The summed E-state index contributed by atoms with van der Waals surface area (Å²) in [6.07, 6.45) is -1.00. The Labute approximate surface area is 136 Å². The van der Waals surface area contributed by atoms with Crippen molar-refractivity contribution in [2.24, 2.45) is 5.92 Å². The van der Waals surface area contributed by atoms with Gasteiger partial charge < -0.3 is 19.5 Å². The number of esters is 2. The molecule has 0 radical (unpaired) electrons. The summed E-state index contributed by atoms with van der Waals surface area (Å²) in [6.45, 7) is 11.4. The monoisotopic (exact) mass is 329 g/mol. The number of carbonyl (C=O) groups excluding carboxylic acids is 3. The molecule has 7 heteroatoms. The Morgan fingerprint density at radius 1 is 1.13 bits per heavy atom. The molecule has 23 heavy (non-hydrogen) atoms. The van der Waals surface area contributed by atoms with Crippen molar-refractivity contribution in [3.63, 3.8) is 0 Å². The molecule has 1 saturated heterocycles. The smallest absolute Gasteiger partial charge is 0.330 e. The quantitative estimate of drug-likeness (QED) is 0.608. The van der Waals surface area contributed by atoms with Crippen LogP contribution in [0.1, 0.15) is 48.5 Å². The van der Waals surface area contributed by atoms with E-state index in [2.05, 4.69) is 0 Å². The SMILES string of the molecule is C[C@@H](O)[C@H]1C(=O)N(CC(=O)OC(C)(C)C)[C@@H]1C(=O)OC(C)(C)C. The molecule has 1 N–H and O–H groups in total. The molecule has 0 aromatic heterocycles. The Kier molecular flexibility index (Phi) is 5.46. The van der Waals surface area contributed by atoms with E-state index in [1.165, 1.54) is 6.92 Å². The molecule has 1 amide bonds. The Balaban J connectivity index is 2.86. The minimum atomic E-state index is -1.00. The van der Waals surface area contributed by atoms with E-state index in [1.807, 2.05) is 0 Å². The van der Waals surface area contributed by atoms with Crippen LogP contribution in [0.5, 0.6) is 0 Å². The molecule has 1 aliphatic heterocycles. The highest BCUT2D eigenvalue weighted by atomic mass is 16.6. The van der Waals surface area contributed by atoms with Gasteiger partial charge in [-0.3, -0.25) is 9.59 Å². The normalized spacial score (nSPS) is 23.1. The predicted molar refractivity (Wildman–Crippen MR) is 82.4 cm³/mol. The van der Waals surface area contributed by atoms with E-state index in [-0.39, 0.29) is 6.54 Å². The predicted octanol–water partition coefficient (Wildman–Crippen LogP) is 0.878. The van der Waals surface area contributed by atoms with Gasteiger partial charge in [-0.1, -0.05) is 0 Å². The first-order valence-electron chi connectivity index (χ1n) is 7.66. The fourth-order valence-corrected chi connectivity index (χ4v) is 2.37. The lowest BCUT2D eigenvalue weighted by Gasteiger charge is -2.46. The van der Waals surface area contributed by atoms with E-state index in [0.717, 1.165) is 4.90 Å². The van der Waals surface area contributed by atoms with Crippen molar-refractivity contribution in [1.29, 1.82) is 0 Å². The molecule has 0 saturated carbocycles. The number of rotatable bonds is 4. The molecule has 0 aromatic carbocycles. The third-order valence-corrected chi connectivity index (χ3v) is 3.13.